The highest BCUT2D eigenvalue weighted by molar-refractivity contribution is 9.10. The molecule has 2 aliphatic carbocycles. The molecule has 0 atom stereocenters. The van der Waals surface area contributed by atoms with Crippen molar-refractivity contribution in [2.75, 3.05) is 13.6 Å². The van der Waals surface area contributed by atoms with E-state index < -0.39 is 0 Å². The topological polar surface area (TPSA) is 3.24 Å². The molecule has 0 unspecified atom stereocenters. The number of hydrogen-bond donors (Lipinski definition) is 0. The molecule has 0 N–H and O–H groups in total. The van der Waals surface area contributed by atoms with Crippen LogP contribution in [0.25, 0.3) is 0 Å². The first-order valence-electron chi connectivity index (χ1n) is 9.73. The highest BCUT2D eigenvalue weighted by atomic mass is 79.9. The quantitative estimate of drug-likeness (QED) is 0.392. The van der Waals surface area contributed by atoms with Crippen LogP contribution in [-0.2, 0) is 21.6 Å². The molecule has 3 heteroatoms. The molecule has 2 aromatic rings. The van der Waals surface area contributed by atoms with Crippen LogP contribution < -0.4 is 0 Å². The molecule has 2 fully saturated rings. The van der Waals surface area contributed by atoms with Crippen LogP contribution in [0.3, 0.4) is 0 Å². The fourth-order valence-corrected chi connectivity index (χ4v) is 4.86. The SMILES string of the molecule is CN(CCCc1ccc(C2(Br)CC2)c(C2(Br)CC2)c1)Cc1ccccc1. The average molecular weight is 477 g/mol. The first-order valence-corrected chi connectivity index (χ1v) is 11.3. The van der Waals surface area contributed by atoms with E-state index >= 15 is 0 Å². The van der Waals surface area contributed by atoms with Crippen molar-refractivity contribution in [3.63, 3.8) is 0 Å². The van der Waals surface area contributed by atoms with Gasteiger partial charge in [0.15, 0.2) is 0 Å². The monoisotopic (exact) mass is 475 g/mol. The average Bonchev–Trinajstić information content (AvgIpc) is 3.55. The predicted octanol–water partition coefficient (Wildman–Crippen LogP) is 6.52. The molecule has 0 saturated heterocycles. The number of hydrogen-bond acceptors (Lipinski definition) is 1. The van der Waals surface area contributed by atoms with Gasteiger partial charge in [-0.05, 0) is 74.4 Å². The maximum absolute atomic E-state index is 4.00. The fourth-order valence-electron chi connectivity index (χ4n) is 3.79. The standard InChI is InChI=1S/C23H27Br2N/c1-26(17-19-6-3-2-4-7-19)15-5-8-18-9-10-20(22(24)11-12-22)21(16-18)23(25)13-14-23/h2-4,6-7,9-10,16H,5,8,11-15,17H2,1H3. The van der Waals surface area contributed by atoms with Crippen LogP contribution in [-0.4, -0.2) is 18.5 Å². The van der Waals surface area contributed by atoms with E-state index in [9.17, 15) is 0 Å². The van der Waals surface area contributed by atoms with Crippen molar-refractivity contribution in [1.82, 2.24) is 4.90 Å². The van der Waals surface area contributed by atoms with Gasteiger partial charge in [-0.3, -0.25) is 0 Å². The van der Waals surface area contributed by atoms with Crippen molar-refractivity contribution in [2.24, 2.45) is 0 Å². The Kier molecular flexibility index (Phi) is 5.33. The Morgan fingerprint density at radius 1 is 0.846 bits per heavy atom. The number of rotatable bonds is 8. The normalized spacial score (nSPS) is 19.5. The van der Waals surface area contributed by atoms with Gasteiger partial charge in [-0.25, -0.2) is 0 Å². The Morgan fingerprint density at radius 3 is 2.15 bits per heavy atom. The van der Waals surface area contributed by atoms with E-state index in [1.165, 1.54) is 48.8 Å². The predicted molar refractivity (Wildman–Crippen MR) is 117 cm³/mol. The molecule has 0 bridgehead atoms. The summed E-state index contributed by atoms with van der Waals surface area (Å²) in [6, 6.07) is 18.0. The Labute approximate surface area is 174 Å². The second-order valence-corrected chi connectivity index (χ2v) is 11.2. The Hall–Kier alpha value is -0.640. The number of alkyl halides is 2. The summed E-state index contributed by atoms with van der Waals surface area (Å²) in [4.78, 5) is 2.43. The summed E-state index contributed by atoms with van der Waals surface area (Å²) in [6.45, 7) is 2.16. The smallest absolute Gasteiger partial charge is 0.0510 e. The Bertz CT molecular complexity index is 763. The molecule has 0 amide bonds. The number of aryl methyl sites for hydroxylation is 1. The molecule has 138 valence electrons. The van der Waals surface area contributed by atoms with Gasteiger partial charge >= 0.3 is 0 Å². The number of nitrogens with zero attached hydrogens (tertiary/aromatic N) is 1. The van der Waals surface area contributed by atoms with Gasteiger partial charge in [0, 0.05) is 6.54 Å². The van der Waals surface area contributed by atoms with Crippen LogP contribution in [0, 0.1) is 0 Å². The van der Waals surface area contributed by atoms with E-state index in [1.54, 1.807) is 5.56 Å². The summed E-state index contributed by atoms with van der Waals surface area (Å²) in [6.07, 6.45) is 7.44. The van der Waals surface area contributed by atoms with Gasteiger partial charge in [0.25, 0.3) is 0 Å². The molecular weight excluding hydrogens is 450 g/mol. The van der Waals surface area contributed by atoms with Crippen LogP contribution in [0.4, 0.5) is 0 Å². The zero-order valence-electron chi connectivity index (χ0n) is 15.5. The lowest BCUT2D eigenvalue weighted by molar-refractivity contribution is 0.322. The maximum atomic E-state index is 4.00. The molecule has 2 aromatic carbocycles. The summed E-state index contributed by atoms with van der Waals surface area (Å²) in [5.41, 5.74) is 5.95. The number of halogens is 2. The lowest BCUT2D eigenvalue weighted by Gasteiger charge is -2.20. The summed E-state index contributed by atoms with van der Waals surface area (Å²) >= 11 is 7.97. The molecule has 0 radical (unpaired) electrons. The summed E-state index contributed by atoms with van der Waals surface area (Å²) in [5.74, 6) is 0. The second kappa shape index (κ2) is 7.41. The van der Waals surface area contributed by atoms with Crippen LogP contribution in [0.2, 0.25) is 0 Å². The first-order chi connectivity index (χ1) is 12.5. The van der Waals surface area contributed by atoms with Gasteiger partial charge in [-0.15, -0.1) is 0 Å². The molecular formula is C23H27Br2N. The van der Waals surface area contributed by atoms with E-state index in [4.69, 9.17) is 0 Å². The van der Waals surface area contributed by atoms with E-state index in [2.05, 4.69) is 92.3 Å². The Balaban J connectivity index is 1.36. The molecule has 0 aromatic heterocycles. The Morgan fingerprint density at radius 2 is 1.50 bits per heavy atom. The number of benzene rings is 2. The minimum atomic E-state index is 0.256. The molecule has 2 aliphatic rings. The van der Waals surface area contributed by atoms with Crippen molar-refractivity contribution < 1.29 is 0 Å². The third-order valence-electron chi connectivity index (χ3n) is 5.73. The lowest BCUT2D eigenvalue weighted by atomic mass is 9.95. The van der Waals surface area contributed by atoms with E-state index in [0.717, 1.165) is 19.5 Å². The highest BCUT2D eigenvalue weighted by Crippen LogP contribution is 2.61. The lowest BCUT2D eigenvalue weighted by Crippen LogP contribution is -2.19. The highest BCUT2D eigenvalue weighted by Gasteiger charge is 2.49. The van der Waals surface area contributed by atoms with E-state index in [-0.39, 0.29) is 8.65 Å². The van der Waals surface area contributed by atoms with Crippen molar-refractivity contribution in [3.05, 3.63) is 70.8 Å². The van der Waals surface area contributed by atoms with Crippen molar-refractivity contribution in [1.29, 1.82) is 0 Å². The third kappa shape index (κ3) is 4.26. The summed E-state index contributed by atoms with van der Waals surface area (Å²) in [5, 5.41) is 0. The maximum Gasteiger partial charge on any atom is 0.0510 e. The largest absolute Gasteiger partial charge is 0.302 e. The van der Waals surface area contributed by atoms with E-state index in [1.807, 2.05) is 0 Å². The van der Waals surface area contributed by atoms with Gasteiger partial charge in [0.05, 0.1) is 8.65 Å². The summed E-state index contributed by atoms with van der Waals surface area (Å²) in [7, 11) is 2.22. The molecule has 0 spiro atoms. The van der Waals surface area contributed by atoms with E-state index in [0.29, 0.717) is 0 Å². The molecule has 0 heterocycles. The van der Waals surface area contributed by atoms with Crippen LogP contribution in [0.5, 0.6) is 0 Å². The zero-order valence-corrected chi connectivity index (χ0v) is 18.7. The minimum absolute atomic E-state index is 0.256. The summed E-state index contributed by atoms with van der Waals surface area (Å²) < 4.78 is 0.520. The molecule has 26 heavy (non-hydrogen) atoms. The molecule has 1 nitrogen and oxygen atoms in total. The first kappa shape index (κ1) is 18.7. The van der Waals surface area contributed by atoms with Gasteiger partial charge < -0.3 is 4.90 Å². The van der Waals surface area contributed by atoms with Crippen molar-refractivity contribution in [3.8, 4) is 0 Å². The van der Waals surface area contributed by atoms with Gasteiger partial charge in [-0.2, -0.15) is 0 Å². The van der Waals surface area contributed by atoms with Gasteiger partial charge in [-0.1, -0.05) is 80.4 Å². The third-order valence-corrected chi connectivity index (χ3v) is 8.17. The van der Waals surface area contributed by atoms with Gasteiger partial charge in [0.1, 0.15) is 0 Å². The van der Waals surface area contributed by atoms with Crippen LogP contribution in [0.15, 0.2) is 48.5 Å². The molecule has 4 rings (SSSR count). The van der Waals surface area contributed by atoms with Gasteiger partial charge in [0.2, 0.25) is 0 Å². The van der Waals surface area contributed by atoms with Crippen LogP contribution >= 0.6 is 31.9 Å². The molecule has 2 saturated carbocycles. The van der Waals surface area contributed by atoms with Crippen molar-refractivity contribution in [2.45, 2.75) is 53.7 Å². The molecule has 0 aliphatic heterocycles. The second-order valence-electron chi connectivity index (χ2n) is 8.14. The minimum Gasteiger partial charge on any atom is -0.302 e. The van der Waals surface area contributed by atoms with Crippen molar-refractivity contribution >= 4 is 31.9 Å². The fraction of sp³-hybridized carbons (Fsp3) is 0.478. The zero-order chi connectivity index (χ0) is 18.2. The van der Waals surface area contributed by atoms with Crippen LogP contribution in [0.1, 0.15) is 54.4 Å².